The van der Waals surface area contributed by atoms with Gasteiger partial charge in [-0.1, -0.05) is 54.6 Å². The summed E-state index contributed by atoms with van der Waals surface area (Å²) in [5.74, 6) is 1.51. The number of hydrogen-bond acceptors (Lipinski definition) is 6. The van der Waals surface area contributed by atoms with Gasteiger partial charge in [0.1, 0.15) is 23.6 Å². The smallest absolute Gasteiger partial charge is 0.125 e. The molecule has 0 bridgehead atoms. The molecule has 3 aromatic rings. The van der Waals surface area contributed by atoms with E-state index >= 15 is 0 Å². The number of rotatable bonds is 7. The van der Waals surface area contributed by atoms with Crippen molar-refractivity contribution in [1.82, 2.24) is 9.80 Å². The summed E-state index contributed by atoms with van der Waals surface area (Å²) >= 11 is 0. The molecule has 1 heterocycles. The molecule has 34 heavy (non-hydrogen) atoms. The Labute approximate surface area is 201 Å². The Morgan fingerprint density at radius 1 is 0.706 bits per heavy atom. The van der Waals surface area contributed by atoms with Gasteiger partial charge in [-0.25, -0.2) is 0 Å². The molecule has 2 atom stereocenters. The van der Waals surface area contributed by atoms with Gasteiger partial charge >= 0.3 is 0 Å². The van der Waals surface area contributed by atoms with Gasteiger partial charge in [0.2, 0.25) is 0 Å². The maximum atomic E-state index is 10.3. The van der Waals surface area contributed by atoms with Crippen LogP contribution in [0.25, 0.3) is 0 Å². The van der Waals surface area contributed by atoms with Gasteiger partial charge < -0.3 is 9.47 Å². The predicted octanol–water partition coefficient (Wildman–Crippen LogP) is 5.24. The fourth-order valence-corrected chi connectivity index (χ4v) is 4.67. The average molecular weight is 453 g/mol. The summed E-state index contributed by atoms with van der Waals surface area (Å²) in [5, 5.41) is 20.5. The lowest BCUT2D eigenvalue weighted by molar-refractivity contribution is -0.0287. The van der Waals surface area contributed by atoms with Gasteiger partial charge in [-0.2, -0.15) is 10.5 Å². The Hall–Kier alpha value is -3.84. The van der Waals surface area contributed by atoms with Crippen LogP contribution >= 0.6 is 0 Å². The van der Waals surface area contributed by atoms with Crippen LogP contribution in [-0.2, 0) is 0 Å². The number of nitriles is 2. The zero-order valence-corrected chi connectivity index (χ0v) is 19.5. The van der Waals surface area contributed by atoms with Gasteiger partial charge in [0.15, 0.2) is 0 Å². The van der Waals surface area contributed by atoms with E-state index in [1.165, 1.54) is 0 Å². The van der Waals surface area contributed by atoms with Crippen molar-refractivity contribution in [3.8, 4) is 23.6 Å². The van der Waals surface area contributed by atoms with Crippen molar-refractivity contribution in [2.24, 2.45) is 0 Å². The van der Waals surface area contributed by atoms with E-state index in [9.17, 15) is 10.5 Å². The van der Waals surface area contributed by atoms with E-state index in [0.717, 1.165) is 47.7 Å². The van der Waals surface area contributed by atoms with Gasteiger partial charge in [-0.15, -0.1) is 0 Å². The quantitative estimate of drug-likeness (QED) is 0.488. The first-order chi connectivity index (χ1) is 16.7. The summed E-state index contributed by atoms with van der Waals surface area (Å²) in [4.78, 5) is 4.41. The highest BCUT2D eigenvalue weighted by atomic mass is 16.5. The lowest BCUT2D eigenvalue weighted by Gasteiger charge is -2.47. The largest absolute Gasteiger partial charge is 0.497 e. The van der Waals surface area contributed by atoms with E-state index in [4.69, 9.17) is 9.47 Å². The summed E-state index contributed by atoms with van der Waals surface area (Å²) in [5.41, 5.74) is 2.87. The number of nitrogens with zero attached hydrogens (tertiary/aromatic N) is 4. The molecule has 1 aliphatic heterocycles. The van der Waals surface area contributed by atoms with Crippen molar-refractivity contribution in [1.29, 1.82) is 10.5 Å². The molecule has 3 aromatic carbocycles. The van der Waals surface area contributed by atoms with Crippen LogP contribution in [0.3, 0.4) is 0 Å². The van der Waals surface area contributed by atoms with Gasteiger partial charge in [0.05, 0.1) is 32.5 Å². The molecule has 1 fully saturated rings. The van der Waals surface area contributed by atoms with Crippen LogP contribution in [0.1, 0.15) is 41.4 Å². The van der Waals surface area contributed by atoms with Crippen LogP contribution in [-0.4, -0.2) is 37.1 Å². The molecule has 1 saturated heterocycles. The van der Waals surface area contributed by atoms with Crippen LogP contribution < -0.4 is 9.47 Å². The third-order valence-corrected chi connectivity index (χ3v) is 6.33. The minimum absolute atomic E-state index is 0.228. The number of methoxy groups -OCH3 is 2. The first-order valence-corrected chi connectivity index (χ1v) is 11.3. The van der Waals surface area contributed by atoms with Crippen molar-refractivity contribution < 1.29 is 9.47 Å². The van der Waals surface area contributed by atoms with Crippen molar-refractivity contribution in [3.05, 3.63) is 95.6 Å². The molecule has 0 amide bonds. The summed E-state index contributed by atoms with van der Waals surface area (Å²) < 4.78 is 10.6. The minimum Gasteiger partial charge on any atom is -0.497 e. The van der Waals surface area contributed by atoms with Crippen molar-refractivity contribution in [2.75, 3.05) is 27.3 Å². The molecule has 6 heteroatoms. The monoisotopic (exact) mass is 452 g/mol. The van der Waals surface area contributed by atoms with Crippen LogP contribution in [0.5, 0.6) is 11.5 Å². The fourth-order valence-electron chi connectivity index (χ4n) is 4.67. The molecule has 6 nitrogen and oxygen atoms in total. The second-order valence-electron chi connectivity index (χ2n) is 8.22. The van der Waals surface area contributed by atoms with E-state index in [0.29, 0.717) is 0 Å². The molecule has 4 rings (SSSR count). The SMILES string of the molecule is COc1ccc([C@H](C#N)N2CCCN([C@@H](C#N)c3ccc(OC)cc3)C2c2ccccc2)cc1. The third-order valence-electron chi connectivity index (χ3n) is 6.33. The van der Waals surface area contributed by atoms with E-state index in [-0.39, 0.29) is 6.17 Å². The zero-order valence-electron chi connectivity index (χ0n) is 19.5. The normalized spacial score (nSPS) is 16.7. The van der Waals surface area contributed by atoms with E-state index < -0.39 is 12.1 Å². The first-order valence-electron chi connectivity index (χ1n) is 11.3. The lowest BCUT2D eigenvalue weighted by Crippen LogP contribution is -2.49. The topological polar surface area (TPSA) is 72.5 Å². The van der Waals surface area contributed by atoms with Gasteiger partial charge in [0, 0.05) is 13.1 Å². The van der Waals surface area contributed by atoms with Crippen LogP contribution in [0, 0.1) is 22.7 Å². The van der Waals surface area contributed by atoms with Gasteiger partial charge in [0.25, 0.3) is 0 Å². The molecule has 172 valence electrons. The first kappa shape index (κ1) is 23.3. The predicted molar refractivity (Wildman–Crippen MR) is 130 cm³/mol. The van der Waals surface area contributed by atoms with Crippen molar-refractivity contribution in [2.45, 2.75) is 24.7 Å². The van der Waals surface area contributed by atoms with Crippen molar-refractivity contribution in [3.63, 3.8) is 0 Å². The molecular weight excluding hydrogens is 424 g/mol. The summed E-state index contributed by atoms with van der Waals surface area (Å²) in [6.07, 6.45) is 0.625. The average Bonchev–Trinajstić information content (AvgIpc) is 2.91. The second-order valence-corrected chi connectivity index (χ2v) is 8.22. The van der Waals surface area contributed by atoms with Crippen LogP contribution in [0.15, 0.2) is 78.9 Å². The Balaban J connectivity index is 1.75. The molecule has 0 saturated carbocycles. The highest BCUT2D eigenvalue weighted by molar-refractivity contribution is 5.35. The van der Waals surface area contributed by atoms with E-state index in [1.54, 1.807) is 14.2 Å². The van der Waals surface area contributed by atoms with E-state index in [1.807, 2.05) is 66.7 Å². The van der Waals surface area contributed by atoms with Gasteiger partial charge in [-0.05, 0) is 47.4 Å². The fraction of sp³-hybridized carbons (Fsp3) is 0.286. The van der Waals surface area contributed by atoms with Gasteiger partial charge in [-0.3, -0.25) is 9.80 Å². The standard InChI is InChI=1S/C28H28N4O2/c1-33-24-13-9-21(10-14-24)26(19-29)31-17-6-18-32(28(31)23-7-4-3-5-8-23)27(20-30)22-11-15-25(34-2)16-12-22/h3-5,7-16,26-28H,6,17-18H2,1-2H3/t26-,27-/m0/s1. The minimum atomic E-state index is -0.464. The molecular formula is C28H28N4O2. The highest BCUT2D eigenvalue weighted by Gasteiger charge is 2.39. The lowest BCUT2D eigenvalue weighted by atomic mass is 9.97. The Bertz CT molecular complexity index is 1080. The summed E-state index contributed by atoms with van der Waals surface area (Å²) in [6, 6.07) is 29.5. The Morgan fingerprint density at radius 3 is 1.53 bits per heavy atom. The molecule has 0 aliphatic carbocycles. The molecule has 0 aromatic heterocycles. The third kappa shape index (κ3) is 4.75. The number of hydrogen-bond donors (Lipinski definition) is 0. The molecule has 0 unspecified atom stereocenters. The Kier molecular flexibility index (Phi) is 7.44. The zero-order chi connectivity index (χ0) is 23.9. The molecule has 0 N–H and O–H groups in total. The van der Waals surface area contributed by atoms with Crippen LogP contribution in [0.4, 0.5) is 0 Å². The maximum Gasteiger partial charge on any atom is 0.125 e. The number of ether oxygens (including phenoxy) is 2. The molecule has 1 aliphatic rings. The molecule has 0 spiro atoms. The summed E-state index contributed by atoms with van der Waals surface area (Å²) in [6.45, 7) is 1.50. The Morgan fingerprint density at radius 2 is 1.15 bits per heavy atom. The second kappa shape index (κ2) is 10.9. The maximum absolute atomic E-state index is 10.3. The van der Waals surface area contributed by atoms with Crippen molar-refractivity contribution >= 4 is 0 Å². The van der Waals surface area contributed by atoms with E-state index in [2.05, 4.69) is 34.1 Å². The summed E-state index contributed by atoms with van der Waals surface area (Å²) in [7, 11) is 3.26. The molecule has 0 radical (unpaired) electrons. The van der Waals surface area contributed by atoms with Crippen LogP contribution in [0.2, 0.25) is 0 Å². The highest BCUT2D eigenvalue weighted by Crippen LogP contribution is 2.40. The number of benzene rings is 3.